The first kappa shape index (κ1) is 14.1. The number of nitrogen functional groups attached to an aromatic ring is 1. The molecule has 0 atom stereocenters. The zero-order valence-corrected chi connectivity index (χ0v) is 12.2. The van der Waals surface area contributed by atoms with E-state index < -0.39 is 0 Å². The maximum atomic E-state index is 7.59. The molecule has 0 unspecified atom stereocenters. The standard InChI is InChI=1S/C17H20N2O/c1-11-8-12(2)13(3)16(9-11)20-10-14-6-4-5-7-15(14)17(18)19/h4-9H,10H2,1-3H3,(H3,18,19). The van der Waals surface area contributed by atoms with Gasteiger partial charge in [-0.3, -0.25) is 5.41 Å². The Morgan fingerprint density at radius 3 is 2.55 bits per heavy atom. The van der Waals surface area contributed by atoms with Gasteiger partial charge in [-0.15, -0.1) is 0 Å². The van der Waals surface area contributed by atoms with Crippen molar-refractivity contribution in [1.82, 2.24) is 0 Å². The lowest BCUT2D eigenvalue weighted by molar-refractivity contribution is 0.303. The number of rotatable bonds is 4. The normalized spacial score (nSPS) is 10.3. The molecule has 0 aromatic heterocycles. The Morgan fingerprint density at radius 1 is 1.15 bits per heavy atom. The van der Waals surface area contributed by atoms with Crippen LogP contribution in [0.4, 0.5) is 0 Å². The van der Waals surface area contributed by atoms with Crippen molar-refractivity contribution < 1.29 is 4.74 Å². The van der Waals surface area contributed by atoms with E-state index in [0.717, 1.165) is 22.4 Å². The van der Waals surface area contributed by atoms with Gasteiger partial charge in [-0.25, -0.2) is 0 Å². The molecule has 0 bridgehead atoms. The van der Waals surface area contributed by atoms with Gasteiger partial charge in [-0.1, -0.05) is 30.3 Å². The monoisotopic (exact) mass is 268 g/mol. The van der Waals surface area contributed by atoms with Gasteiger partial charge in [0.1, 0.15) is 18.2 Å². The van der Waals surface area contributed by atoms with Crippen LogP contribution < -0.4 is 10.5 Å². The van der Waals surface area contributed by atoms with Crippen LogP contribution in [0.3, 0.4) is 0 Å². The molecule has 0 heterocycles. The van der Waals surface area contributed by atoms with Gasteiger partial charge in [0, 0.05) is 11.1 Å². The van der Waals surface area contributed by atoms with Crippen LogP contribution in [0.5, 0.6) is 5.75 Å². The molecule has 0 aliphatic carbocycles. The van der Waals surface area contributed by atoms with Gasteiger partial charge in [0.25, 0.3) is 0 Å². The van der Waals surface area contributed by atoms with Gasteiger partial charge in [0.2, 0.25) is 0 Å². The molecule has 0 saturated carbocycles. The highest BCUT2D eigenvalue weighted by Crippen LogP contribution is 2.24. The van der Waals surface area contributed by atoms with Crippen LogP contribution in [0, 0.1) is 26.2 Å². The number of aryl methyl sites for hydroxylation is 2. The molecule has 0 amide bonds. The highest BCUT2D eigenvalue weighted by atomic mass is 16.5. The van der Waals surface area contributed by atoms with E-state index in [1.807, 2.05) is 30.3 Å². The third kappa shape index (κ3) is 2.99. The van der Waals surface area contributed by atoms with Crippen LogP contribution in [-0.2, 0) is 6.61 Å². The van der Waals surface area contributed by atoms with Crippen molar-refractivity contribution in [1.29, 1.82) is 5.41 Å². The molecule has 0 fully saturated rings. The Bertz CT molecular complexity index is 647. The van der Waals surface area contributed by atoms with E-state index in [1.54, 1.807) is 0 Å². The zero-order chi connectivity index (χ0) is 14.7. The lowest BCUT2D eigenvalue weighted by atomic mass is 10.1. The second kappa shape index (κ2) is 5.78. The first-order valence-corrected chi connectivity index (χ1v) is 6.62. The predicted octanol–water partition coefficient (Wildman–Crippen LogP) is 3.47. The molecule has 20 heavy (non-hydrogen) atoms. The molecule has 3 N–H and O–H groups in total. The van der Waals surface area contributed by atoms with Gasteiger partial charge in [0.05, 0.1) is 0 Å². The summed E-state index contributed by atoms with van der Waals surface area (Å²) in [5, 5.41) is 7.59. The molecule has 2 aromatic carbocycles. The van der Waals surface area contributed by atoms with E-state index in [9.17, 15) is 0 Å². The summed E-state index contributed by atoms with van der Waals surface area (Å²) in [6.07, 6.45) is 0. The maximum Gasteiger partial charge on any atom is 0.123 e. The molecular weight excluding hydrogens is 248 g/mol. The van der Waals surface area contributed by atoms with Crippen LogP contribution in [0.2, 0.25) is 0 Å². The number of amidine groups is 1. The van der Waals surface area contributed by atoms with E-state index in [2.05, 4.69) is 26.8 Å². The van der Waals surface area contributed by atoms with Crippen LogP contribution in [0.1, 0.15) is 27.8 Å². The molecule has 0 aliphatic heterocycles. The fourth-order valence-corrected chi connectivity index (χ4v) is 2.22. The lowest BCUT2D eigenvalue weighted by Gasteiger charge is -2.14. The van der Waals surface area contributed by atoms with E-state index in [0.29, 0.717) is 6.61 Å². The number of ether oxygens (including phenoxy) is 1. The Morgan fingerprint density at radius 2 is 1.85 bits per heavy atom. The molecule has 2 aromatic rings. The second-order valence-corrected chi connectivity index (χ2v) is 5.06. The molecule has 3 nitrogen and oxygen atoms in total. The molecule has 2 rings (SSSR count). The number of nitrogens with one attached hydrogen (secondary N) is 1. The van der Waals surface area contributed by atoms with Crippen LogP contribution in [0.25, 0.3) is 0 Å². The Hall–Kier alpha value is -2.29. The smallest absolute Gasteiger partial charge is 0.123 e. The summed E-state index contributed by atoms with van der Waals surface area (Å²) >= 11 is 0. The van der Waals surface area contributed by atoms with E-state index in [4.69, 9.17) is 15.9 Å². The van der Waals surface area contributed by atoms with Crippen molar-refractivity contribution in [2.75, 3.05) is 0 Å². The van der Waals surface area contributed by atoms with Gasteiger partial charge in [0.15, 0.2) is 0 Å². The maximum absolute atomic E-state index is 7.59. The highest BCUT2D eigenvalue weighted by molar-refractivity contribution is 5.96. The number of hydrogen-bond donors (Lipinski definition) is 2. The summed E-state index contributed by atoms with van der Waals surface area (Å²) in [7, 11) is 0. The van der Waals surface area contributed by atoms with Crippen molar-refractivity contribution in [3.05, 3.63) is 64.2 Å². The minimum atomic E-state index is 0.0707. The van der Waals surface area contributed by atoms with Crippen molar-refractivity contribution in [3.8, 4) is 5.75 Å². The highest BCUT2D eigenvalue weighted by Gasteiger charge is 2.08. The Balaban J connectivity index is 2.24. The van der Waals surface area contributed by atoms with Gasteiger partial charge < -0.3 is 10.5 Å². The SMILES string of the molecule is Cc1cc(C)c(C)c(OCc2ccccc2C(=N)N)c1. The first-order chi connectivity index (χ1) is 9.49. The predicted molar refractivity (Wildman–Crippen MR) is 82.4 cm³/mol. The summed E-state index contributed by atoms with van der Waals surface area (Å²) in [6.45, 7) is 6.61. The summed E-state index contributed by atoms with van der Waals surface area (Å²) in [4.78, 5) is 0. The Kier molecular flexibility index (Phi) is 4.08. The summed E-state index contributed by atoms with van der Waals surface area (Å²) in [5.41, 5.74) is 10.8. The van der Waals surface area contributed by atoms with Crippen molar-refractivity contribution in [2.24, 2.45) is 5.73 Å². The van der Waals surface area contributed by atoms with Gasteiger partial charge >= 0.3 is 0 Å². The zero-order valence-electron chi connectivity index (χ0n) is 12.2. The van der Waals surface area contributed by atoms with Crippen molar-refractivity contribution >= 4 is 5.84 Å². The summed E-state index contributed by atoms with van der Waals surface area (Å²) < 4.78 is 5.92. The third-order valence-corrected chi connectivity index (χ3v) is 3.45. The minimum Gasteiger partial charge on any atom is -0.489 e. The molecule has 3 heteroatoms. The van der Waals surface area contributed by atoms with Crippen molar-refractivity contribution in [2.45, 2.75) is 27.4 Å². The van der Waals surface area contributed by atoms with E-state index >= 15 is 0 Å². The van der Waals surface area contributed by atoms with Crippen LogP contribution in [-0.4, -0.2) is 5.84 Å². The van der Waals surface area contributed by atoms with Crippen molar-refractivity contribution in [3.63, 3.8) is 0 Å². The second-order valence-electron chi connectivity index (χ2n) is 5.06. The number of hydrogen-bond acceptors (Lipinski definition) is 2. The Labute approximate surface area is 119 Å². The van der Waals surface area contributed by atoms with E-state index in [1.165, 1.54) is 11.1 Å². The molecule has 0 spiro atoms. The van der Waals surface area contributed by atoms with Gasteiger partial charge in [-0.2, -0.15) is 0 Å². The fraction of sp³-hybridized carbons (Fsp3) is 0.235. The number of nitrogens with two attached hydrogens (primary N) is 1. The minimum absolute atomic E-state index is 0.0707. The average molecular weight is 268 g/mol. The van der Waals surface area contributed by atoms with Gasteiger partial charge in [-0.05, 0) is 43.5 Å². The fourth-order valence-electron chi connectivity index (χ4n) is 2.22. The topological polar surface area (TPSA) is 59.1 Å². The quantitative estimate of drug-likeness (QED) is 0.659. The van der Waals surface area contributed by atoms with Crippen LogP contribution in [0.15, 0.2) is 36.4 Å². The molecule has 0 radical (unpaired) electrons. The summed E-state index contributed by atoms with van der Waals surface area (Å²) in [5.74, 6) is 0.960. The van der Waals surface area contributed by atoms with E-state index in [-0.39, 0.29) is 5.84 Å². The van der Waals surface area contributed by atoms with Crippen LogP contribution >= 0.6 is 0 Å². The molecular formula is C17H20N2O. The molecule has 104 valence electrons. The largest absolute Gasteiger partial charge is 0.489 e. The summed E-state index contributed by atoms with van der Waals surface area (Å²) in [6, 6.07) is 11.8. The number of benzene rings is 2. The average Bonchev–Trinajstić information content (AvgIpc) is 2.41. The molecule has 0 saturated heterocycles. The third-order valence-electron chi connectivity index (χ3n) is 3.45. The lowest BCUT2D eigenvalue weighted by Crippen LogP contribution is -2.14. The first-order valence-electron chi connectivity index (χ1n) is 6.62. The molecule has 0 aliphatic rings.